The van der Waals surface area contributed by atoms with Crippen LogP contribution in [0, 0.1) is 35.5 Å². The molecule has 2 unspecified atom stereocenters. The third-order valence-corrected chi connectivity index (χ3v) is 6.29. The van der Waals surface area contributed by atoms with Crippen molar-refractivity contribution in [1.82, 2.24) is 0 Å². The first-order valence-electron chi connectivity index (χ1n) is 7.93. The molecule has 1 aliphatic heterocycles. The second-order valence-corrected chi connectivity index (χ2v) is 7.24. The van der Waals surface area contributed by atoms with Gasteiger partial charge in [0.1, 0.15) is 0 Å². The SMILES string of the molecule is O=C1[C@@H]2[C@H](C(=O)N1c1cccc(C(F)(F)F)c1)[C@H]1C[C@@H]2C2CC21. The predicted octanol–water partition coefficient (Wildman–Crippen LogP) is 3.10. The minimum Gasteiger partial charge on any atom is -0.274 e. The molecular weight excluding hydrogens is 307 g/mol. The molecule has 4 aliphatic rings. The molecule has 1 aromatic carbocycles. The first-order chi connectivity index (χ1) is 10.9. The number of hydrogen-bond donors (Lipinski definition) is 0. The van der Waals surface area contributed by atoms with Crippen molar-refractivity contribution in [3.63, 3.8) is 0 Å². The van der Waals surface area contributed by atoms with Crippen molar-refractivity contribution in [1.29, 1.82) is 0 Å². The van der Waals surface area contributed by atoms with Gasteiger partial charge in [-0.05, 0) is 54.7 Å². The van der Waals surface area contributed by atoms with Crippen molar-refractivity contribution < 1.29 is 22.8 Å². The molecule has 3 aliphatic carbocycles. The van der Waals surface area contributed by atoms with Gasteiger partial charge in [-0.15, -0.1) is 0 Å². The molecule has 6 atom stereocenters. The monoisotopic (exact) mass is 321 g/mol. The van der Waals surface area contributed by atoms with E-state index in [0.717, 1.165) is 29.9 Å². The van der Waals surface area contributed by atoms with Gasteiger partial charge in [0.05, 0.1) is 23.1 Å². The van der Waals surface area contributed by atoms with Gasteiger partial charge in [0.25, 0.3) is 0 Å². The number of fused-ring (bicyclic) bond motifs is 8. The number of carbonyl (C=O) groups excluding carboxylic acids is 2. The molecule has 3 nitrogen and oxygen atoms in total. The van der Waals surface area contributed by atoms with Crippen LogP contribution in [0.1, 0.15) is 18.4 Å². The highest BCUT2D eigenvalue weighted by atomic mass is 19.4. The molecule has 1 heterocycles. The molecule has 5 rings (SSSR count). The zero-order valence-electron chi connectivity index (χ0n) is 12.1. The Morgan fingerprint density at radius 1 is 0.913 bits per heavy atom. The zero-order valence-corrected chi connectivity index (χ0v) is 12.1. The van der Waals surface area contributed by atoms with E-state index >= 15 is 0 Å². The summed E-state index contributed by atoms with van der Waals surface area (Å²) in [5.41, 5.74) is -0.782. The lowest BCUT2D eigenvalue weighted by molar-refractivity contribution is -0.137. The lowest BCUT2D eigenvalue weighted by Crippen LogP contribution is -2.33. The van der Waals surface area contributed by atoms with Gasteiger partial charge in [-0.2, -0.15) is 13.2 Å². The third-order valence-electron chi connectivity index (χ3n) is 6.29. The van der Waals surface area contributed by atoms with Crippen LogP contribution in [0.3, 0.4) is 0 Å². The van der Waals surface area contributed by atoms with E-state index < -0.39 is 11.7 Å². The molecule has 23 heavy (non-hydrogen) atoms. The van der Waals surface area contributed by atoms with Gasteiger partial charge < -0.3 is 0 Å². The van der Waals surface area contributed by atoms with E-state index in [0.29, 0.717) is 11.8 Å². The summed E-state index contributed by atoms with van der Waals surface area (Å²) >= 11 is 0. The molecule has 3 saturated carbocycles. The maximum atomic E-state index is 12.9. The fourth-order valence-corrected chi connectivity index (χ4v) is 5.40. The minimum atomic E-state index is -4.49. The van der Waals surface area contributed by atoms with Crippen molar-refractivity contribution in [2.24, 2.45) is 35.5 Å². The van der Waals surface area contributed by atoms with Crippen LogP contribution in [0.2, 0.25) is 0 Å². The van der Waals surface area contributed by atoms with Crippen molar-refractivity contribution in [2.45, 2.75) is 19.0 Å². The quantitative estimate of drug-likeness (QED) is 0.746. The van der Waals surface area contributed by atoms with Gasteiger partial charge >= 0.3 is 6.18 Å². The van der Waals surface area contributed by atoms with Crippen LogP contribution in [0.4, 0.5) is 18.9 Å². The molecule has 2 amide bonds. The second kappa shape index (κ2) is 3.97. The summed E-state index contributed by atoms with van der Waals surface area (Å²) in [6.07, 6.45) is -2.43. The van der Waals surface area contributed by atoms with Crippen molar-refractivity contribution in [2.75, 3.05) is 4.90 Å². The Morgan fingerprint density at radius 2 is 1.48 bits per heavy atom. The van der Waals surface area contributed by atoms with Crippen LogP contribution in [-0.2, 0) is 15.8 Å². The van der Waals surface area contributed by atoms with E-state index in [4.69, 9.17) is 0 Å². The highest BCUT2D eigenvalue weighted by Gasteiger charge is 2.72. The number of carbonyl (C=O) groups is 2. The minimum absolute atomic E-state index is 0.0531. The average molecular weight is 321 g/mol. The smallest absolute Gasteiger partial charge is 0.274 e. The normalized spacial score (nSPS) is 40.6. The van der Waals surface area contributed by atoms with E-state index in [9.17, 15) is 22.8 Å². The number of benzene rings is 1. The first kappa shape index (κ1) is 13.6. The number of rotatable bonds is 1. The summed E-state index contributed by atoms with van der Waals surface area (Å²) in [6, 6.07) is 4.52. The molecule has 1 saturated heterocycles. The number of hydrogen-bond acceptors (Lipinski definition) is 2. The largest absolute Gasteiger partial charge is 0.416 e. The van der Waals surface area contributed by atoms with Crippen LogP contribution >= 0.6 is 0 Å². The Kier molecular flexibility index (Phi) is 2.34. The summed E-state index contributed by atoms with van der Waals surface area (Å²) in [7, 11) is 0. The molecule has 0 radical (unpaired) electrons. The van der Waals surface area contributed by atoms with Crippen LogP contribution in [0.25, 0.3) is 0 Å². The van der Waals surface area contributed by atoms with E-state index in [1.165, 1.54) is 12.1 Å². The molecule has 4 fully saturated rings. The van der Waals surface area contributed by atoms with Crippen molar-refractivity contribution >= 4 is 17.5 Å². The van der Waals surface area contributed by atoms with Gasteiger partial charge in [0.15, 0.2) is 0 Å². The zero-order chi connectivity index (χ0) is 16.1. The van der Waals surface area contributed by atoms with E-state index in [1.807, 2.05) is 0 Å². The summed E-state index contributed by atoms with van der Waals surface area (Å²) in [6.45, 7) is 0. The van der Waals surface area contributed by atoms with E-state index in [2.05, 4.69) is 0 Å². The predicted molar refractivity (Wildman–Crippen MR) is 74.1 cm³/mol. The molecule has 0 N–H and O–H groups in total. The molecule has 120 valence electrons. The van der Waals surface area contributed by atoms with Gasteiger partial charge in [-0.1, -0.05) is 6.07 Å². The Hall–Kier alpha value is -1.85. The van der Waals surface area contributed by atoms with Gasteiger partial charge in [0.2, 0.25) is 11.8 Å². The fourth-order valence-electron chi connectivity index (χ4n) is 5.40. The lowest BCUT2D eigenvalue weighted by Gasteiger charge is -2.19. The van der Waals surface area contributed by atoms with Gasteiger partial charge in [0, 0.05) is 0 Å². The number of amides is 2. The Bertz CT molecular complexity index is 712. The van der Waals surface area contributed by atoms with Gasteiger partial charge in [-0.3, -0.25) is 14.5 Å². The first-order valence-corrected chi connectivity index (χ1v) is 7.93. The van der Waals surface area contributed by atoms with E-state index in [1.54, 1.807) is 0 Å². The van der Waals surface area contributed by atoms with Crippen LogP contribution < -0.4 is 4.90 Å². The van der Waals surface area contributed by atoms with Gasteiger partial charge in [-0.25, -0.2) is 0 Å². The summed E-state index contributed by atoms with van der Waals surface area (Å²) in [4.78, 5) is 26.5. The fraction of sp³-hybridized carbons (Fsp3) is 0.529. The van der Waals surface area contributed by atoms with Crippen LogP contribution in [-0.4, -0.2) is 11.8 Å². The third kappa shape index (κ3) is 1.61. The molecule has 0 aromatic heterocycles. The number of imide groups is 1. The standard InChI is InChI=1S/C17H14F3NO2/c18-17(19,20)7-2-1-3-8(4-7)21-15(22)13-11-6-12(10-5-9(10)11)14(13)16(21)23/h1-4,9-14H,5-6H2/t9?,10?,11-,12+,13+,14-. The molecule has 0 spiro atoms. The lowest BCUT2D eigenvalue weighted by atomic mass is 9.81. The summed E-state index contributed by atoms with van der Waals surface area (Å²) < 4.78 is 38.6. The molecular formula is C17H14F3NO2. The second-order valence-electron chi connectivity index (χ2n) is 7.24. The summed E-state index contributed by atoms with van der Waals surface area (Å²) in [5, 5.41) is 0. The highest BCUT2D eigenvalue weighted by Crippen LogP contribution is 2.71. The Morgan fingerprint density at radius 3 is 2.04 bits per heavy atom. The number of anilines is 1. The topological polar surface area (TPSA) is 37.4 Å². The highest BCUT2D eigenvalue weighted by molar-refractivity contribution is 6.22. The van der Waals surface area contributed by atoms with Crippen LogP contribution in [0.5, 0.6) is 0 Å². The van der Waals surface area contributed by atoms with Crippen molar-refractivity contribution in [3.8, 4) is 0 Å². The maximum absolute atomic E-state index is 12.9. The summed E-state index contributed by atoms with van der Waals surface area (Å²) in [5.74, 6) is 0.481. The molecule has 1 aromatic rings. The molecule has 6 heteroatoms. The maximum Gasteiger partial charge on any atom is 0.416 e. The van der Waals surface area contributed by atoms with E-state index in [-0.39, 0.29) is 41.2 Å². The number of alkyl halides is 3. The number of nitrogens with zero attached hydrogens (tertiary/aromatic N) is 1. The van der Waals surface area contributed by atoms with Crippen molar-refractivity contribution in [3.05, 3.63) is 29.8 Å². The average Bonchev–Trinajstić information content (AvgIpc) is 3.01. The Balaban J connectivity index is 1.53. The van der Waals surface area contributed by atoms with Crippen LogP contribution in [0.15, 0.2) is 24.3 Å². The number of halogens is 3. The Labute approximate surface area is 130 Å². The molecule has 2 bridgehead atoms.